The lowest BCUT2D eigenvalue weighted by Gasteiger charge is -2.18. The predicted octanol–water partition coefficient (Wildman–Crippen LogP) is 3.08. The average molecular weight is 349 g/mol. The quantitative estimate of drug-likeness (QED) is 0.769. The Labute approximate surface area is 152 Å². The van der Waals surface area contributed by atoms with Crippen molar-refractivity contribution in [2.45, 2.75) is 39.8 Å². The van der Waals surface area contributed by atoms with Crippen LogP contribution < -0.4 is 5.32 Å². The molecule has 0 spiro atoms. The van der Waals surface area contributed by atoms with E-state index in [1.54, 1.807) is 0 Å². The molecule has 0 atom stereocenters. The summed E-state index contributed by atoms with van der Waals surface area (Å²) >= 11 is 0. The smallest absolute Gasteiger partial charge is 0.222 e. The fraction of sp³-hybridized carbons (Fsp3) is 0.350. The second kappa shape index (κ2) is 6.78. The van der Waals surface area contributed by atoms with Gasteiger partial charge < -0.3 is 10.2 Å². The minimum atomic E-state index is 0.256. The summed E-state index contributed by atoms with van der Waals surface area (Å²) in [6.45, 7) is 6.17. The van der Waals surface area contributed by atoms with Gasteiger partial charge in [0, 0.05) is 43.9 Å². The summed E-state index contributed by atoms with van der Waals surface area (Å²) in [5, 5.41) is 8.01. The Balaban J connectivity index is 1.56. The molecule has 1 saturated heterocycles. The molecule has 1 aliphatic heterocycles. The summed E-state index contributed by atoms with van der Waals surface area (Å²) < 4.78 is 1.84. The van der Waals surface area contributed by atoms with Gasteiger partial charge in [0.15, 0.2) is 5.65 Å². The van der Waals surface area contributed by atoms with Crippen LogP contribution >= 0.6 is 0 Å². The Morgan fingerprint density at radius 1 is 1.12 bits per heavy atom. The number of anilines is 1. The van der Waals surface area contributed by atoms with Crippen molar-refractivity contribution < 1.29 is 4.79 Å². The number of rotatable bonds is 5. The first-order chi connectivity index (χ1) is 12.6. The number of hydrogen-bond acceptors (Lipinski definition) is 4. The number of likely N-dealkylation sites (tertiary alicyclic amines) is 1. The van der Waals surface area contributed by atoms with E-state index >= 15 is 0 Å². The molecular formula is C20H23N5O. The summed E-state index contributed by atoms with van der Waals surface area (Å²) in [5.41, 5.74) is 5.13. The number of aryl methyl sites for hydroxylation is 2. The minimum absolute atomic E-state index is 0.256. The van der Waals surface area contributed by atoms with Crippen LogP contribution in [0.15, 0.2) is 36.4 Å². The third kappa shape index (κ3) is 3.27. The van der Waals surface area contributed by atoms with Crippen molar-refractivity contribution in [3.63, 3.8) is 0 Å². The zero-order valence-electron chi connectivity index (χ0n) is 15.2. The normalized spacial score (nSPS) is 14.4. The van der Waals surface area contributed by atoms with Crippen LogP contribution in [0.5, 0.6) is 0 Å². The number of benzene rings is 1. The summed E-state index contributed by atoms with van der Waals surface area (Å²) in [6.07, 6.45) is 1.64. The molecule has 6 heteroatoms. The molecule has 3 heterocycles. The fourth-order valence-electron chi connectivity index (χ4n) is 3.49. The maximum Gasteiger partial charge on any atom is 0.222 e. The minimum Gasteiger partial charge on any atom is -0.366 e. The van der Waals surface area contributed by atoms with Gasteiger partial charge in [-0.1, -0.05) is 24.3 Å². The number of hydrogen-bond donors (Lipinski definition) is 1. The van der Waals surface area contributed by atoms with Crippen LogP contribution in [-0.4, -0.2) is 31.9 Å². The van der Waals surface area contributed by atoms with Crippen LogP contribution in [0.25, 0.3) is 5.65 Å². The summed E-state index contributed by atoms with van der Waals surface area (Å²) in [4.78, 5) is 18.4. The number of fused-ring (bicyclic) bond motifs is 1. The van der Waals surface area contributed by atoms with Gasteiger partial charge in [0.2, 0.25) is 5.91 Å². The molecule has 3 aromatic rings. The first kappa shape index (κ1) is 16.6. The van der Waals surface area contributed by atoms with Gasteiger partial charge in [-0.05, 0) is 31.4 Å². The van der Waals surface area contributed by atoms with Gasteiger partial charge >= 0.3 is 0 Å². The number of carbonyl (C=O) groups is 1. The van der Waals surface area contributed by atoms with E-state index in [1.165, 1.54) is 11.1 Å². The first-order valence-electron chi connectivity index (χ1n) is 9.02. The van der Waals surface area contributed by atoms with E-state index in [0.717, 1.165) is 35.8 Å². The maximum absolute atomic E-state index is 11.9. The van der Waals surface area contributed by atoms with Gasteiger partial charge in [-0.15, -0.1) is 0 Å². The molecule has 0 saturated carbocycles. The van der Waals surface area contributed by atoms with E-state index in [0.29, 0.717) is 19.5 Å². The molecule has 1 aromatic carbocycles. The van der Waals surface area contributed by atoms with E-state index < -0.39 is 0 Å². The van der Waals surface area contributed by atoms with E-state index in [9.17, 15) is 4.79 Å². The second-order valence-corrected chi connectivity index (χ2v) is 6.88. The number of carbonyl (C=O) groups excluding carboxylic acids is 1. The molecule has 1 N–H and O–H groups in total. The number of aromatic nitrogens is 3. The van der Waals surface area contributed by atoms with Crippen molar-refractivity contribution in [1.29, 1.82) is 0 Å². The van der Waals surface area contributed by atoms with Crippen molar-refractivity contribution >= 4 is 17.4 Å². The van der Waals surface area contributed by atoms with E-state index in [1.807, 2.05) is 47.5 Å². The van der Waals surface area contributed by atoms with Gasteiger partial charge in [-0.25, -0.2) is 4.98 Å². The molecule has 1 fully saturated rings. The molecule has 0 bridgehead atoms. The van der Waals surface area contributed by atoms with Crippen LogP contribution in [0.1, 0.15) is 35.4 Å². The average Bonchev–Trinajstić information content (AvgIpc) is 3.18. The summed E-state index contributed by atoms with van der Waals surface area (Å²) in [5.74, 6) is 1.18. The third-order valence-corrected chi connectivity index (χ3v) is 4.79. The standard InChI is InChI=1S/C20H23N5O/c1-14-10-18(25-19(22-14)11-15(2)23-25)21-12-16-6-3-4-7-17(16)13-24-9-5-8-20(24)26/h3-4,6-7,10-11,21H,5,8-9,12-13H2,1-2H3. The van der Waals surface area contributed by atoms with Gasteiger partial charge in [-0.2, -0.15) is 9.61 Å². The van der Waals surface area contributed by atoms with Crippen LogP contribution in [-0.2, 0) is 17.9 Å². The SMILES string of the molecule is Cc1cc(NCc2ccccc2CN2CCCC2=O)n2nc(C)cc2n1. The van der Waals surface area contributed by atoms with Gasteiger partial charge in [0.25, 0.3) is 0 Å². The van der Waals surface area contributed by atoms with Crippen molar-refractivity contribution in [2.75, 3.05) is 11.9 Å². The number of amides is 1. The molecule has 0 unspecified atom stereocenters. The molecule has 2 aromatic heterocycles. The second-order valence-electron chi connectivity index (χ2n) is 6.88. The van der Waals surface area contributed by atoms with Crippen molar-refractivity contribution in [2.24, 2.45) is 0 Å². The summed E-state index contributed by atoms with van der Waals surface area (Å²) in [6, 6.07) is 12.3. The molecule has 4 rings (SSSR count). The highest BCUT2D eigenvalue weighted by atomic mass is 16.2. The Morgan fingerprint density at radius 2 is 1.92 bits per heavy atom. The molecule has 6 nitrogen and oxygen atoms in total. The van der Waals surface area contributed by atoms with E-state index in [2.05, 4.69) is 27.5 Å². The lowest BCUT2D eigenvalue weighted by atomic mass is 10.1. The van der Waals surface area contributed by atoms with Crippen molar-refractivity contribution in [1.82, 2.24) is 19.5 Å². The van der Waals surface area contributed by atoms with Crippen LogP contribution in [0.4, 0.5) is 5.82 Å². The largest absolute Gasteiger partial charge is 0.366 e. The lowest BCUT2D eigenvalue weighted by Crippen LogP contribution is -2.24. The van der Waals surface area contributed by atoms with Crippen LogP contribution in [0, 0.1) is 13.8 Å². The van der Waals surface area contributed by atoms with Crippen LogP contribution in [0.3, 0.4) is 0 Å². The zero-order valence-corrected chi connectivity index (χ0v) is 15.2. The highest BCUT2D eigenvalue weighted by Gasteiger charge is 2.20. The molecular weight excluding hydrogens is 326 g/mol. The molecule has 1 aliphatic rings. The van der Waals surface area contributed by atoms with Gasteiger partial charge in [0.1, 0.15) is 5.82 Å². The number of nitrogens with zero attached hydrogens (tertiary/aromatic N) is 4. The molecule has 134 valence electrons. The highest BCUT2D eigenvalue weighted by Crippen LogP contribution is 2.19. The topological polar surface area (TPSA) is 62.5 Å². The third-order valence-electron chi connectivity index (χ3n) is 4.79. The highest BCUT2D eigenvalue weighted by molar-refractivity contribution is 5.78. The number of nitrogens with one attached hydrogen (secondary N) is 1. The molecule has 1 amide bonds. The summed E-state index contributed by atoms with van der Waals surface area (Å²) in [7, 11) is 0. The Hall–Kier alpha value is -2.89. The first-order valence-corrected chi connectivity index (χ1v) is 9.02. The van der Waals surface area contributed by atoms with E-state index in [-0.39, 0.29) is 5.91 Å². The lowest BCUT2D eigenvalue weighted by molar-refractivity contribution is -0.128. The van der Waals surface area contributed by atoms with Crippen LogP contribution in [0.2, 0.25) is 0 Å². The zero-order chi connectivity index (χ0) is 18.1. The van der Waals surface area contributed by atoms with Gasteiger partial charge in [0.05, 0.1) is 5.69 Å². The Kier molecular flexibility index (Phi) is 4.32. The van der Waals surface area contributed by atoms with Crippen molar-refractivity contribution in [3.8, 4) is 0 Å². The Bertz CT molecular complexity index is 962. The monoisotopic (exact) mass is 349 g/mol. The fourth-order valence-corrected chi connectivity index (χ4v) is 3.49. The van der Waals surface area contributed by atoms with E-state index in [4.69, 9.17) is 0 Å². The van der Waals surface area contributed by atoms with Crippen molar-refractivity contribution in [3.05, 3.63) is 58.9 Å². The molecule has 0 radical (unpaired) electrons. The maximum atomic E-state index is 11.9. The Morgan fingerprint density at radius 3 is 2.69 bits per heavy atom. The molecule has 26 heavy (non-hydrogen) atoms. The van der Waals surface area contributed by atoms with Gasteiger partial charge in [-0.3, -0.25) is 4.79 Å². The molecule has 0 aliphatic carbocycles. The predicted molar refractivity (Wildman–Crippen MR) is 101 cm³/mol.